The van der Waals surface area contributed by atoms with Gasteiger partial charge in [-0.15, -0.1) is 0 Å². The van der Waals surface area contributed by atoms with E-state index in [0.717, 1.165) is 13.0 Å². The average molecular weight is 268 g/mol. The Labute approximate surface area is 118 Å². The lowest BCUT2D eigenvalue weighted by Crippen LogP contribution is -2.44. The van der Waals surface area contributed by atoms with Crippen molar-refractivity contribution in [1.82, 2.24) is 10.6 Å². The summed E-state index contributed by atoms with van der Waals surface area (Å²) in [5.41, 5.74) is 0. The van der Waals surface area contributed by atoms with Gasteiger partial charge in [0.2, 0.25) is 5.91 Å². The summed E-state index contributed by atoms with van der Waals surface area (Å²) in [6, 6.07) is 0.922. The van der Waals surface area contributed by atoms with Crippen molar-refractivity contribution in [1.29, 1.82) is 0 Å². The molecule has 1 amide bonds. The minimum atomic E-state index is 0.239. The summed E-state index contributed by atoms with van der Waals surface area (Å²) in [5.74, 6) is 1.59. The Morgan fingerprint density at radius 1 is 1.16 bits per heavy atom. The van der Waals surface area contributed by atoms with Crippen LogP contribution in [0.2, 0.25) is 0 Å². The molecular formula is C16H32N2O. The minimum Gasteiger partial charge on any atom is -0.353 e. The molecule has 112 valence electrons. The summed E-state index contributed by atoms with van der Waals surface area (Å²) in [6.07, 6.45) is 6.62. The zero-order valence-corrected chi connectivity index (χ0v) is 13.2. The van der Waals surface area contributed by atoms with Crippen LogP contribution in [0.3, 0.4) is 0 Å². The first kappa shape index (κ1) is 16.5. The summed E-state index contributed by atoms with van der Waals surface area (Å²) in [5, 5.41) is 6.62. The molecular weight excluding hydrogens is 236 g/mol. The number of carbonyl (C=O) groups excluding carboxylic acids is 1. The van der Waals surface area contributed by atoms with E-state index in [1.807, 2.05) is 0 Å². The Morgan fingerprint density at radius 3 is 2.47 bits per heavy atom. The van der Waals surface area contributed by atoms with Crippen LogP contribution in [0.4, 0.5) is 0 Å². The van der Waals surface area contributed by atoms with Gasteiger partial charge in [0, 0.05) is 18.5 Å². The molecule has 3 heteroatoms. The van der Waals surface area contributed by atoms with Crippen molar-refractivity contribution in [2.24, 2.45) is 11.8 Å². The van der Waals surface area contributed by atoms with Crippen molar-refractivity contribution in [2.75, 3.05) is 6.54 Å². The van der Waals surface area contributed by atoms with Crippen LogP contribution < -0.4 is 10.6 Å². The smallest absolute Gasteiger partial charge is 0.220 e. The highest BCUT2D eigenvalue weighted by molar-refractivity contribution is 5.76. The molecule has 1 aliphatic rings. The third-order valence-corrected chi connectivity index (χ3v) is 4.16. The number of amides is 1. The van der Waals surface area contributed by atoms with Crippen molar-refractivity contribution in [2.45, 2.75) is 78.3 Å². The van der Waals surface area contributed by atoms with E-state index in [4.69, 9.17) is 0 Å². The molecule has 0 heterocycles. The summed E-state index contributed by atoms with van der Waals surface area (Å²) >= 11 is 0. The number of rotatable bonds is 7. The molecule has 0 aromatic heterocycles. The Morgan fingerprint density at radius 2 is 1.84 bits per heavy atom. The third-order valence-electron chi connectivity index (χ3n) is 4.16. The fourth-order valence-electron chi connectivity index (χ4n) is 3.06. The van der Waals surface area contributed by atoms with Crippen LogP contribution in [0.1, 0.15) is 66.2 Å². The Balaban J connectivity index is 2.26. The highest BCUT2D eigenvalue weighted by atomic mass is 16.1. The maximum Gasteiger partial charge on any atom is 0.220 e. The van der Waals surface area contributed by atoms with Gasteiger partial charge in [-0.25, -0.2) is 0 Å². The molecule has 19 heavy (non-hydrogen) atoms. The normalized spacial score (nSPS) is 23.9. The Bertz CT molecular complexity index is 263. The van der Waals surface area contributed by atoms with Gasteiger partial charge in [-0.2, -0.15) is 0 Å². The third kappa shape index (κ3) is 6.42. The summed E-state index contributed by atoms with van der Waals surface area (Å²) in [7, 11) is 0. The summed E-state index contributed by atoms with van der Waals surface area (Å²) in [4.78, 5) is 12.0. The van der Waals surface area contributed by atoms with Crippen molar-refractivity contribution < 1.29 is 4.79 Å². The zero-order chi connectivity index (χ0) is 14.3. The van der Waals surface area contributed by atoms with E-state index >= 15 is 0 Å². The lowest BCUT2D eigenvalue weighted by Gasteiger charge is -2.35. The highest BCUT2D eigenvalue weighted by Gasteiger charge is 2.28. The first-order chi connectivity index (χ1) is 9.00. The van der Waals surface area contributed by atoms with Crippen molar-refractivity contribution in [3.63, 3.8) is 0 Å². The van der Waals surface area contributed by atoms with Crippen LogP contribution >= 0.6 is 0 Å². The molecule has 1 rings (SSSR count). The van der Waals surface area contributed by atoms with Gasteiger partial charge in [0.15, 0.2) is 0 Å². The van der Waals surface area contributed by atoms with Gasteiger partial charge in [0.05, 0.1) is 0 Å². The van der Waals surface area contributed by atoms with Gasteiger partial charge < -0.3 is 10.6 Å². The van der Waals surface area contributed by atoms with E-state index in [1.165, 1.54) is 25.7 Å². The topological polar surface area (TPSA) is 41.1 Å². The van der Waals surface area contributed by atoms with Crippen LogP contribution in [0.15, 0.2) is 0 Å². The molecule has 1 aliphatic carbocycles. The van der Waals surface area contributed by atoms with Gasteiger partial charge in [-0.3, -0.25) is 4.79 Å². The standard InChI is InChI=1S/C16H32N2O/c1-12(2)14-8-5-6-9-15(14)18-16(19)10-7-11-17-13(3)4/h12-15,17H,5-11H2,1-4H3,(H,18,19). The van der Waals surface area contributed by atoms with Crippen LogP contribution in [-0.4, -0.2) is 24.5 Å². The van der Waals surface area contributed by atoms with Gasteiger partial charge in [-0.05, 0) is 37.6 Å². The van der Waals surface area contributed by atoms with E-state index in [9.17, 15) is 4.79 Å². The van der Waals surface area contributed by atoms with Gasteiger partial charge in [0.25, 0.3) is 0 Å². The van der Waals surface area contributed by atoms with Crippen molar-refractivity contribution in [3.8, 4) is 0 Å². The first-order valence-corrected chi connectivity index (χ1v) is 8.03. The molecule has 0 aromatic rings. The molecule has 0 bridgehead atoms. The molecule has 0 saturated heterocycles. The molecule has 1 fully saturated rings. The lowest BCUT2D eigenvalue weighted by atomic mass is 9.78. The molecule has 0 aromatic carbocycles. The van der Waals surface area contributed by atoms with Crippen molar-refractivity contribution >= 4 is 5.91 Å². The fourth-order valence-corrected chi connectivity index (χ4v) is 3.06. The number of hydrogen-bond donors (Lipinski definition) is 2. The quantitative estimate of drug-likeness (QED) is 0.697. The predicted molar refractivity (Wildman–Crippen MR) is 81.1 cm³/mol. The molecule has 0 aliphatic heterocycles. The lowest BCUT2D eigenvalue weighted by molar-refractivity contribution is -0.122. The molecule has 0 spiro atoms. The second-order valence-corrected chi connectivity index (χ2v) is 6.58. The molecule has 1 saturated carbocycles. The maximum absolute atomic E-state index is 12.0. The van der Waals surface area contributed by atoms with E-state index in [2.05, 4.69) is 38.3 Å². The second kappa shape index (κ2) is 8.57. The fraction of sp³-hybridized carbons (Fsp3) is 0.938. The maximum atomic E-state index is 12.0. The molecule has 2 unspecified atom stereocenters. The molecule has 0 radical (unpaired) electrons. The number of hydrogen-bond acceptors (Lipinski definition) is 2. The monoisotopic (exact) mass is 268 g/mol. The van der Waals surface area contributed by atoms with Crippen LogP contribution in [0.5, 0.6) is 0 Å². The van der Waals surface area contributed by atoms with E-state index < -0.39 is 0 Å². The Hall–Kier alpha value is -0.570. The van der Waals surface area contributed by atoms with Crippen LogP contribution in [-0.2, 0) is 4.79 Å². The molecule has 2 N–H and O–H groups in total. The van der Waals surface area contributed by atoms with Crippen LogP contribution in [0, 0.1) is 11.8 Å². The summed E-state index contributed by atoms with van der Waals surface area (Å²) < 4.78 is 0. The van der Waals surface area contributed by atoms with E-state index in [-0.39, 0.29) is 5.91 Å². The van der Waals surface area contributed by atoms with Gasteiger partial charge in [0.1, 0.15) is 0 Å². The first-order valence-electron chi connectivity index (χ1n) is 8.03. The predicted octanol–water partition coefficient (Wildman–Crippen LogP) is 3.10. The van der Waals surface area contributed by atoms with Crippen LogP contribution in [0.25, 0.3) is 0 Å². The van der Waals surface area contributed by atoms with Gasteiger partial charge >= 0.3 is 0 Å². The highest BCUT2D eigenvalue weighted by Crippen LogP contribution is 2.30. The van der Waals surface area contributed by atoms with E-state index in [0.29, 0.717) is 30.3 Å². The van der Waals surface area contributed by atoms with Gasteiger partial charge in [-0.1, -0.05) is 40.5 Å². The number of carbonyl (C=O) groups is 1. The average Bonchev–Trinajstić information content (AvgIpc) is 2.35. The summed E-state index contributed by atoms with van der Waals surface area (Å²) in [6.45, 7) is 9.76. The minimum absolute atomic E-state index is 0.239. The SMILES string of the molecule is CC(C)NCCCC(=O)NC1CCCCC1C(C)C. The number of nitrogens with one attached hydrogen (secondary N) is 2. The largest absolute Gasteiger partial charge is 0.353 e. The van der Waals surface area contributed by atoms with E-state index in [1.54, 1.807) is 0 Å². The second-order valence-electron chi connectivity index (χ2n) is 6.58. The van der Waals surface area contributed by atoms with Crippen molar-refractivity contribution in [3.05, 3.63) is 0 Å². The Kier molecular flexibility index (Phi) is 7.44. The zero-order valence-electron chi connectivity index (χ0n) is 13.2. The molecule has 3 nitrogen and oxygen atoms in total. The molecule has 2 atom stereocenters.